The number of carbonyl (C=O) groups is 2. The summed E-state index contributed by atoms with van der Waals surface area (Å²) in [5.74, 6) is -1.56. The second-order valence-electron chi connectivity index (χ2n) is 3.87. The van der Waals surface area contributed by atoms with E-state index in [4.69, 9.17) is 10.4 Å². The molecule has 0 bridgehead atoms. The van der Waals surface area contributed by atoms with E-state index in [1.807, 2.05) is 6.07 Å². The molecule has 0 saturated heterocycles. The molecule has 2 rings (SSSR count). The molecule has 1 amide bonds. The highest BCUT2D eigenvalue weighted by molar-refractivity contribution is 7.12. The van der Waals surface area contributed by atoms with Crippen molar-refractivity contribution < 1.29 is 14.7 Å². The van der Waals surface area contributed by atoms with Crippen molar-refractivity contribution >= 4 is 28.9 Å². The molecule has 0 aliphatic rings. The number of benzene rings is 1. The average molecular weight is 287 g/mol. The van der Waals surface area contributed by atoms with Gasteiger partial charge in [0.05, 0.1) is 11.6 Å². The Labute approximate surface area is 118 Å². The van der Waals surface area contributed by atoms with E-state index in [-0.39, 0.29) is 10.7 Å². The zero-order valence-corrected chi connectivity index (χ0v) is 11.2. The monoisotopic (exact) mass is 287 g/mol. The molecule has 0 radical (unpaired) electrons. The summed E-state index contributed by atoms with van der Waals surface area (Å²) >= 11 is 0.981. The molecule has 7 heteroatoms. The van der Waals surface area contributed by atoms with Gasteiger partial charge in [-0.1, -0.05) is 0 Å². The van der Waals surface area contributed by atoms with Crippen LogP contribution in [0.4, 0.5) is 5.69 Å². The molecule has 0 aliphatic carbocycles. The molecule has 2 aromatic rings. The molecule has 0 saturated carbocycles. The number of nitriles is 1. The van der Waals surface area contributed by atoms with Crippen molar-refractivity contribution in [2.24, 2.45) is 0 Å². The Bertz CT molecular complexity index is 700. The minimum absolute atomic E-state index is 0.106. The predicted molar refractivity (Wildman–Crippen MR) is 73.0 cm³/mol. The second kappa shape index (κ2) is 5.50. The van der Waals surface area contributed by atoms with Crippen LogP contribution in [0.3, 0.4) is 0 Å². The Morgan fingerprint density at radius 3 is 2.50 bits per heavy atom. The number of hydrogen-bond donors (Lipinski definition) is 1. The van der Waals surface area contributed by atoms with Crippen molar-refractivity contribution in [2.45, 2.75) is 0 Å². The number of nitrogens with zero attached hydrogens (tertiary/aromatic N) is 3. The first-order valence-corrected chi connectivity index (χ1v) is 6.38. The summed E-state index contributed by atoms with van der Waals surface area (Å²) in [5, 5.41) is 18.9. The zero-order chi connectivity index (χ0) is 14.7. The highest BCUT2D eigenvalue weighted by Crippen LogP contribution is 2.18. The van der Waals surface area contributed by atoms with Gasteiger partial charge < -0.3 is 10.0 Å². The third-order valence-corrected chi connectivity index (χ3v) is 3.42. The summed E-state index contributed by atoms with van der Waals surface area (Å²) in [5.41, 5.74) is 0.949. The Kier molecular flexibility index (Phi) is 3.77. The molecule has 1 aromatic carbocycles. The number of hydrogen-bond acceptors (Lipinski definition) is 5. The molecule has 100 valence electrons. The van der Waals surface area contributed by atoms with Crippen LogP contribution in [-0.2, 0) is 0 Å². The van der Waals surface area contributed by atoms with Gasteiger partial charge >= 0.3 is 5.97 Å². The Hall–Kier alpha value is -2.72. The number of aromatic carboxylic acids is 1. The van der Waals surface area contributed by atoms with E-state index in [0.717, 1.165) is 11.3 Å². The van der Waals surface area contributed by atoms with Gasteiger partial charge in [0.15, 0.2) is 10.7 Å². The number of thiazole rings is 1. The largest absolute Gasteiger partial charge is 0.476 e. The molecule has 6 nitrogen and oxygen atoms in total. The Morgan fingerprint density at radius 1 is 1.35 bits per heavy atom. The van der Waals surface area contributed by atoms with Crippen LogP contribution in [-0.4, -0.2) is 29.0 Å². The van der Waals surface area contributed by atoms with Gasteiger partial charge in [-0.2, -0.15) is 5.26 Å². The number of carboxylic acids is 1. The molecule has 1 aromatic heterocycles. The molecular formula is C13H9N3O3S. The van der Waals surface area contributed by atoms with Crippen molar-refractivity contribution in [1.29, 1.82) is 5.26 Å². The van der Waals surface area contributed by atoms with Crippen molar-refractivity contribution in [3.8, 4) is 6.07 Å². The highest BCUT2D eigenvalue weighted by Gasteiger charge is 2.19. The van der Waals surface area contributed by atoms with E-state index < -0.39 is 11.9 Å². The topological polar surface area (TPSA) is 94.3 Å². The number of anilines is 1. The molecule has 0 aliphatic heterocycles. The number of carbonyl (C=O) groups excluding carboxylic acids is 1. The first kappa shape index (κ1) is 13.7. The third-order valence-electron chi connectivity index (χ3n) is 2.59. The van der Waals surface area contributed by atoms with Crippen LogP contribution in [0.25, 0.3) is 0 Å². The molecule has 0 atom stereocenters. The summed E-state index contributed by atoms with van der Waals surface area (Å²) in [6.45, 7) is 0. The van der Waals surface area contributed by atoms with Crippen molar-refractivity contribution in [3.05, 3.63) is 45.9 Å². The minimum Gasteiger partial charge on any atom is -0.476 e. The Morgan fingerprint density at radius 2 is 2.00 bits per heavy atom. The fourth-order valence-corrected chi connectivity index (χ4v) is 2.26. The van der Waals surface area contributed by atoms with Crippen LogP contribution >= 0.6 is 11.3 Å². The van der Waals surface area contributed by atoms with Crippen molar-refractivity contribution in [2.75, 3.05) is 11.9 Å². The number of aromatic nitrogens is 1. The second-order valence-corrected chi connectivity index (χ2v) is 4.72. The maximum atomic E-state index is 12.2. The summed E-state index contributed by atoms with van der Waals surface area (Å²) in [4.78, 5) is 28.0. The lowest BCUT2D eigenvalue weighted by molar-refractivity contribution is 0.0691. The summed E-state index contributed by atoms with van der Waals surface area (Å²) < 4.78 is 0. The normalized spacial score (nSPS) is 9.80. The first-order chi connectivity index (χ1) is 9.52. The van der Waals surface area contributed by atoms with Gasteiger partial charge in [-0.25, -0.2) is 9.78 Å². The lowest BCUT2D eigenvalue weighted by Crippen LogP contribution is -2.26. The zero-order valence-electron chi connectivity index (χ0n) is 10.4. The van der Waals surface area contributed by atoms with E-state index in [1.165, 1.54) is 10.3 Å². The Balaban J connectivity index is 2.22. The minimum atomic E-state index is -1.17. The highest BCUT2D eigenvalue weighted by atomic mass is 32.1. The summed E-state index contributed by atoms with van der Waals surface area (Å²) in [6, 6.07) is 8.47. The summed E-state index contributed by atoms with van der Waals surface area (Å²) in [6.07, 6.45) is 0. The van der Waals surface area contributed by atoms with Crippen LogP contribution in [0.2, 0.25) is 0 Å². The van der Waals surface area contributed by atoms with Crippen molar-refractivity contribution in [3.63, 3.8) is 0 Å². The third kappa shape index (κ3) is 2.65. The van der Waals surface area contributed by atoms with Gasteiger partial charge in [-0.15, -0.1) is 11.3 Å². The molecule has 1 N–H and O–H groups in total. The van der Waals surface area contributed by atoms with E-state index in [9.17, 15) is 9.59 Å². The fraction of sp³-hybridized carbons (Fsp3) is 0.0769. The lowest BCUT2D eigenvalue weighted by Gasteiger charge is -2.15. The fourth-order valence-electron chi connectivity index (χ4n) is 1.49. The molecular weight excluding hydrogens is 278 g/mol. The summed E-state index contributed by atoms with van der Waals surface area (Å²) in [7, 11) is 1.56. The first-order valence-electron chi connectivity index (χ1n) is 5.50. The molecule has 0 fully saturated rings. The van der Waals surface area contributed by atoms with Gasteiger partial charge in [-0.3, -0.25) is 4.79 Å². The number of carboxylic acid groups (broad SMARTS) is 1. The molecule has 0 spiro atoms. The van der Waals surface area contributed by atoms with Crippen LogP contribution in [0.1, 0.15) is 25.9 Å². The quantitative estimate of drug-likeness (QED) is 0.931. The van der Waals surface area contributed by atoms with Gasteiger partial charge in [0.25, 0.3) is 5.91 Å². The van der Waals surface area contributed by atoms with Crippen molar-refractivity contribution in [1.82, 2.24) is 4.98 Å². The standard InChI is InChI=1S/C13H9N3O3S/c1-16(9-4-2-8(6-14)3-5-9)12(17)11-15-10(7-20-11)13(18)19/h2-5,7H,1H3,(H,18,19). The number of amides is 1. The molecule has 1 heterocycles. The van der Waals surface area contributed by atoms with Gasteiger partial charge in [0.2, 0.25) is 0 Å². The van der Waals surface area contributed by atoms with E-state index in [2.05, 4.69) is 4.98 Å². The smallest absolute Gasteiger partial charge is 0.355 e. The van der Waals surface area contributed by atoms with Crippen LogP contribution in [0, 0.1) is 11.3 Å². The van der Waals surface area contributed by atoms with Gasteiger partial charge in [-0.05, 0) is 24.3 Å². The van der Waals surface area contributed by atoms with Gasteiger partial charge in [0, 0.05) is 18.1 Å². The predicted octanol–water partition coefficient (Wildman–Crippen LogP) is 1.99. The van der Waals surface area contributed by atoms with Crippen LogP contribution in [0.5, 0.6) is 0 Å². The SMILES string of the molecule is CN(C(=O)c1nc(C(=O)O)cs1)c1ccc(C#N)cc1. The lowest BCUT2D eigenvalue weighted by atomic mass is 10.2. The van der Waals surface area contributed by atoms with Crippen LogP contribution < -0.4 is 4.90 Å². The number of rotatable bonds is 3. The van der Waals surface area contributed by atoms with E-state index in [0.29, 0.717) is 11.3 Å². The van der Waals surface area contributed by atoms with E-state index in [1.54, 1.807) is 31.3 Å². The molecule has 20 heavy (non-hydrogen) atoms. The maximum Gasteiger partial charge on any atom is 0.355 e. The molecule has 0 unspecified atom stereocenters. The van der Waals surface area contributed by atoms with Gasteiger partial charge in [0.1, 0.15) is 0 Å². The van der Waals surface area contributed by atoms with E-state index >= 15 is 0 Å². The maximum absolute atomic E-state index is 12.2. The average Bonchev–Trinajstić information content (AvgIpc) is 2.96. The van der Waals surface area contributed by atoms with Crippen LogP contribution in [0.15, 0.2) is 29.6 Å².